The lowest BCUT2D eigenvalue weighted by molar-refractivity contribution is 0.0995. The second kappa shape index (κ2) is 8.02. The third-order valence-electron chi connectivity index (χ3n) is 5.04. The molecule has 2 aromatic heterocycles. The van der Waals surface area contributed by atoms with Crippen LogP contribution in [0.4, 0.5) is 0 Å². The van der Waals surface area contributed by atoms with Crippen LogP contribution in [-0.4, -0.2) is 20.5 Å². The van der Waals surface area contributed by atoms with Gasteiger partial charge >= 0.3 is 0 Å². The molecule has 0 fully saturated rings. The van der Waals surface area contributed by atoms with Gasteiger partial charge in [-0.1, -0.05) is 83.0 Å². The minimum atomic E-state index is -0.327. The van der Waals surface area contributed by atoms with Crippen LogP contribution < -0.4 is 0 Å². The monoisotopic (exact) mass is 447 g/mol. The van der Waals surface area contributed by atoms with Crippen LogP contribution in [-0.2, 0) is 6.54 Å². The van der Waals surface area contributed by atoms with Crippen LogP contribution >= 0.6 is 23.2 Å². The summed E-state index contributed by atoms with van der Waals surface area (Å²) in [5.74, 6) is -0.00116. The Bertz CT molecular complexity index is 1410. The minimum absolute atomic E-state index is 0.0497. The Morgan fingerprint density at radius 2 is 1.74 bits per heavy atom. The second-order valence-corrected chi connectivity index (χ2v) is 7.89. The van der Waals surface area contributed by atoms with E-state index in [1.165, 1.54) is 0 Å². The summed E-state index contributed by atoms with van der Waals surface area (Å²) in [6.45, 7) is 0.489. The van der Waals surface area contributed by atoms with Gasteiger partial charge in [-0.2, -0.15) is 4.98 Å². The maximum absolute atomic E-state index is 13.2. The number of fused-ring (bicyclic) bond motifs is 1. The van der Waals surface area contributed by atoms with Crippen LogP contribution in [0.1, 0.15) is 21.8 Å². The fourth-order valence-corrected chi connectivity index (χ4v) is 4.00. The molecule has 0 N–H and O–H groups in total. The average molecular weight is 448 g/mol. The Morgan fingerprint density at radius 1 is 0.968 bits per heavy atom. The van der Waals surface area contributed by atoms with E-state index in [0.29, 0.717) is 28.0 Å². The Kier molecular flexibility index (Phi) is 5.06. The molecule has 31 heavy (non-hydrogen) atoms. The van der Waals surface area contributed by atoms with Crippen molar-refractivity contribution in [2.75, 3.05) is 0 Å². The Balaban J connectivity index is 1.53. The van der Waals surface area contributed by atoms with Crippen LogP contribution in [0.3, 0.4) is 0 Å². The van der Waals surface area contributed by atoms with Crippen LogP contribution in [0, 0.1) is 0 Å². The summed E-state index contributed by atoms with van der Waals surface area (Å²) in [6.07, 6.45) is 1.80. The normalized spacial score (nSPS) is 11.2. The lowest BCUT2D eigenvalue weighted by Gasteiger charge is -2.08. The summed E-state index contributed by atoms with van der Waals surface area (Å²) in [5, 5.41) is 5.91. The molecule has 0 amide bonds. The molecule has 7 heteroatoms. The minimum Gasteiger partial charge on any atom is -0.342 e. The number of hydrogen-bond acceptors (Lipinski definition) is 4. The van der Waals surface area contributed by atoms with E-state index >= 15 is 0 Å². The molecule has 0 atom stereocenters. The molecule has 0 aliphatic heterocycles. The van der Waals surface area contributed by atoms with Gasteiger partial charge in [0.25, 0.3) is 11.7 Å². The zero-order valence-electron chi connectivity index (χ0n) is 16.1. The number of aromatic nitrogens is 3. The average Bonchev–Trinajstić information content (AvgIpc) is 3.42. The first-order chi connectivity index (χ1) is 15.1. The first kappa shape index (κ1) is 19.5. The molecule has 3 aromatic carbocycles. The van der Waals surface area contributed by atoms with E-state index in [-0.39, 0.29) is 11.7 Å². The molecule has 5 rings (SSSR count). The quantitative estimate of drug-likeness (QED) is 0.297. The molecule has 152 valence electrons. The molecule has 0 aliphatic carbocycles. The van der Waals surface area contributed by atoms with Crippen molar-refractivity contribution in [2.45, 2.75) is 6.54 Å². The van der Waals surface area contributed by atoms with Crippen molar-refractivity contribution >= 4 is 39.9 Å². The number of halogens is 2. The van der Waals surface area contributed by atoms with Gasteiger partial charge in [-0.15, -0.1) is 0 Å². The third-order valence-corrected chi connectivity index (χ3v) is 5.63. The van der Waals surface area contributed by atoms with Crippen molar-refractivity contribution < 1.29 is 9.32 Å². The molecule has 0 aliphatic rings. The summed E-state index contributed by atoms with van der Waals surface area (Å²) in [5.41, 5.74) is 3.07. The van der Waals surface area contributed by atoms with Gasteiger partial charge in [-0.05, 0) is 23.8 Å². The van der Waals surface area contributed by atoms with Gasteiger partial charge in [0, 0.05) is 39.3 Å². The second-order valence-electron chi connectivity index (χ2n) is 7.04. The van der Waals surface area contributed by atoms with Crippen molar-refractivity contribution in [3.8, 4) is 11.4 Å². The van der Waals surface area contributed by atoms with E-state index in [0.717, 1.165) is 22.0 Å². The first-order valence-corrected chi connectivity index (χ1v) is 10.3. The Hall–Kier alpha value is -3.41. The van der Waals surface area contributed by atoms with Crippen LogP contribution in [0.5, 0.6) is 0 Å². The highest BCUT2D eigenvalue weighted by atomic mass is 35.5. The van der Waals surface area contributed by atoms with Gasteiger partial charge in [0.05, 0.1) is 5.56 Å². The van der Waals surface area contributed by atoms with Gasteiger partial charge in [0.15, 0.2) is 0 Å². The SMILES string of the molecule is O=C(c1nc(-c2ccccc2)no1)c1cn(Cc2ccc(Cl)cc2Cl)c2ccccc12. The van der Waals surface area contributed by atoms with Crippen LogP contribution in [0.15, 0.2) is 83.5 Å². The fourth-order valence-electron chi connectivity index (χ4n) is 3.53. The van der Waals surface area contributed by atoms with Gasteiger partial charge in [-0.25, -0.2) is 0 Å². The summed E-state index contributed by atoms with van der Waals surface area (Å²) in [6, 6.07) is 22.4. The molecule has 0 saturated heterocycles. The molecule has 0 bridgehead atoms. The zero-order chi connectivity index (χ0) is 21.4. The summed E-state index contributed by atoms with van der Waals surface area (Å²) >= 11 is 12.4. The number of benzene rings is 3. The maximum Gasteiger partial charge on any atom is 0.299 e. The number of carbonyl (C=O) groups is 1. The predicted molar refractivity (Wildman–Crippen MR) is 121 cm³/mol. The molecular weight excluding hydrogens is 433 g/mol. The highest BCUT2D eigenvalue weighted by molar-refractivity contribution is 6.35. The predicted octanol–water partition coefficient (Wildman–Crippen LogP) is 6.28. The highest BCUT2D eigenvalue weighted by Gasteiger charge is 2.22. The number of para-hydroxylation sites is 1. The van der Waals surface area contributed by atoms with E-state index in [1.807, 2.05) is 65.2 Å². The summed E-state index contributed by atoms with van der Waals surface area (Å²) in [4.78, 5) is 17.5. The fraction of sp³-hybridized carbons (Fsp3) is 0.0417. The van der Waals surface area contributed by atoms with E-state index in [1.54, 1.807) is 18.3 Å². The molecule has 0 radical (unpaired) electrons. The van der Waals surface area contributed by atoms with Crippen LogP contribution in [0.2, 0.25) is 10.0 Å². The number of carbonyl (C=O) groups excluding carboxylic acids is 1. The number of nitrogens with zero attached hydrogens (tertiary/aromatic N) is 3. The van der Waals surface area contributed by atoms with Crippen molar-refractivity contribution in [3.05, 3.63) is 106 Å². The van der Waals surface area contributed by atoms with Gasteiger partial charge < -0.3 is 9.09 Å². The first-order valence-electron chi connectivity index (χ1n) is 9.56. The zero-order valence-corrected chi connectivity index (χ0v) is 17.6. The van der Waals surface area contributed by atoms with E-state index in [4.69, 9.17) is 27.7 Å². The number of hydrogen-bond donors (Lipinski definition) is 0. The summed E-state index contributed by atoms with van der Waals surface area (Å²) in [7, 11) is 0. The van der Waals surface area contributed by atoms with Crippen molar-refractivity contribution in [1.82, 2.24) is 14.7 Å². The van der Waals surface area contributed by atoms with Crippen molar-refractivity contribution in [1.29, 1.82) is 0 Å². The van der Waals surface area contributed by atoms with Gasteiger partial charge in [0.1, 0.15) is 0 Å². The molecule has 2 heterocycles. The molecule has 0 saturated carbocycles. The highest BCUT2D eigenvalue weighted by Crippen LogP contribution is 2.28. The number of ketones is 1. The molecule has 5 aromatic rings. The number of rotatable bonds is 5. The van der Waals surface area contributed by atoms with Crippen LogP contribution in [0.25, 0.3) is 22.3 Å². The topological polar surface area (TPSA) is 60.9 Å². The lowest BCUT2D eigenvalue weighted by Crippen LogP contribution is -2.02. The van der Waals surface area contributed by atoms with Crippen molar-refractivity contribution in [3.63, 3.8) is 0 Å². The van der Waals surface area contributed by atoms with E-state index in [9.17, 15) is 4.79 Å². The molecule has 0 spiro atoms. The van der Waals surface area contributed by atoms with Crippen molar-refractivity contribution in [2.24, 2.45) is 0 Å². The molecular formula is C24H15Cl2N3O2. The van der Waals surface area contributed by atoms with E-state index < -0.39 is 0 Å². The third kappa shape index (κ3) is 3.74. The Morgan fingerprint density at radius 3 is 2.55 bits per heavy atom. The Labute approximate surface area is 187 Å². The van der Waals surface area contributed by atoms with Gasteiger partial charge in [0.2, 0.25) is 5.82 Å². The smallest absolute Gasteiger partial charge is 0.299 e. The standard InChI is InChI=1S/C24H15Cl2N3O2/c25-17-11-10-16(20(26)12-17)13-29-14-19(18-8-4-5-9-21(18)29)22(30)24-27-23(28-31-24)15-6-2-1-3-7-15/h1-12,14H,13H2. The summed E-state index contributed by atoms with van der Waals surface area (Å²) < 4.78 is 7.27. The van der Waals surface area contributed by atoms with E-state index in [2.05, 4.69) is 10.1 Å². The molecule has 5 nitrogen and oxygen atoms in total. The largest absolute Gasteiger partial charge is 0.342 e. The maximum atomic E-state index is 13.2. The molecule has 0 unspecified atom stereocenters. The lowest BCUT2D eigenvalue weighted by atomic mass is 10.1. The van der Waals surface area contributed by atoms with Gasteiger partial charge in [-0.3, -0.25) is 4.79 Å².